The number of hydrogen-bond acceptors (Lipinski definition) is 7. The molecule has 0 aromatic carbocycles. The molecule has 1 aliphatic carbocycles. The number of nitrogens with zero attached hydrogens (tertiary/aromatic N) is 1. The number of fused-ring (bicyclic) bond motifs is 2. The molecule has 0 spiro atoms. The van der Waals surface area contributed by atoms with Crippen molar-refractivity contribution in [3.8, 4) is 0 Å². The molecule has 1 saturated carbocycles. The number of imide groups is 1. The molecule has 10 nitrogen and oxygen atoms in total. The van der Waals surface area contributed by atoms with Crippen LogP contribution in [-0.2, 0) is 23.8 Å². The summed E-state index contributed by atoms with van der Waals surface area (Å²) < 4.78 is 17.4. The smallest absolute Gasteiger partial charge is 0.326 e. The molecule has 0 bridgehead atoms. The summed E-state index contributed by atoms with van der Waals surface area (Å²) in [6.45, 7) is 3.09. The van der Waals surface area contributed by atoms with Crippen molar-refractivity contribution in [2.45, 2.75) is 56.6 Å². The van der Waals surface area contributed by atoms with Crippen LogP contribution >= 0.6 is 0 Å². The summed E-state index contributed by atoms with van der Waals surface area (Å²) >= 11 is 0. The molecule has 3 N–H and O–H groups in total. The average molecular weight is 356 g/mol. The van der Waals surface area contributed by atoms with Crippen LogP contribution in [0.3, 0.4) is 0 Å². The fourth-order valence-electron chi connectivity index (χ4n) is 4.25. The highest BCUT2D eigenvalue weighted by Gasteiger charge is 2.64. The van der Waals surface area contributed by atoms with E-state index < -0.39 is 66.1 Å². The first-order chi connectivity index (χ1) is 11.7. The molecule has 0 unspecified atom stereocenters. The molecule has 3 heterocycles. The second-order valence-electron chi connectivity index (χ2n) is 7.29. The summed E-state index contributed by atoms with van der Waals surface area (Å²) in [6, 6.07) is -1.51. The number of aliphatic hydroxyl groups excluding tert-OH is 1. The van der Waals surface area contributed by atoms with Crippen LogP contribution in [-0.4, -0.2) is 76.0 Å². The molecule has 3 aliphatic heterocycles. The highest BCUT2D eigenvalue weighted by molar-refractivity contribution is 6.00. The van der Waals surface area contributed by atoms with Gasteiger partial charge in [0.1, 0.15) is 18.3 Å². The molecular formula is C15H20N2O8. The maximum atomic E-state index is 12.5. The van der Waals surface area contributed by atoms with Gasteiger partial charge in [-0.1, -0.05) is 0 Å². The summed E-state index contributed by atoms with van der Waals surface area (Å²) in [7, 11) is 0. The Balaban J connectivity index is 1.66. The minimum absolute atomic E-state index is 0.169. The third-order valence-corrected chi connectivity index (χ3v) is 5.35. The zero-order valence-corrected chi connectivity index (χ0v) is 13.7. The summed E-state index contributed by atoms with van der Waals surface area (Å²) in [6.07, 6.45) is -2.74. The first kappa shape index (κ1) is 16.7. The fourth-order valence-corrected chi connectivity index (χ4v) is 4.25. The van der Waals surface area contributed by atoms with Crippen molar-refractivity contribution in [1.29, 1.82) is 0 Å². The second-order valence-corrected chi connectivity index (χ2v) is 7.29. The van der Waals surface area contributed by atoms with Crippen LogP contribution in [0.4, 0.5) is 4.79 Å². The Morgan fingerprint density at radius 3 is 2.64 bits per heavy atom. The molecule has 0 aromatic rings. The molecule has 10 heteroatoms. The normalized spacial score (nSPS) is 44.8. The second kappa shape index (κ2) is 5.37. The number of hydrogen-bond donors (Lipinski definition) is 3. The number of carboxylic acid groups (broad SMARTS) is 1. The third-order valence-electron chi connectivity index (χ3n) is 5.35. The molecule has 4 fully saturated rings. The van der Waals surface area contributed by atoms with Crippen molar-refractivity contribution < 1.29 is 38.8 Å². The van der Waals surface area contributed by atoms with Crippen molar-refractivity contribution >= 4 is 17.9 Å². The van der Waals surface area contributed by atoms with Gasteiger partial charge in [-0.05, 0) is 20.3 Å². The predicted molar refractivity (Wildman–Crippen MR) is 78.0 cm³/mol. The van der Waals surface area contributed by atoms with E-state index in [0.29, 0.717) is 0 Å². The Morgan fingerprint density at radius 2 is 2.00 bits per heavy atom. The summed E-state index contributed by atoms with van der Waals surface area (Å²) in [4.78, 5) is 37.1. The van der Waals surface area contributed by atoms with E-state index in [1.165, 1.54) is 4.90 Å². The number of carboxylic acids is 1. The number of ether oxygens (including phenoxy) is 3. The lowest BCUT2D eigenvalue weighted by Gasteiger charge is -2.52. The van der Waals surface area contributed by atoms with Gasteiger partial charge in [0, 0.05) is 0 Å². The van der Waals surface area contributed by atoms with Crippen LogP contribution in [0.15, 0.2) is 0 Å². The Morgan fingerprint density at radius 1 is 1.32 bits per heavy atom. The number of carbonyl (C=O) groups excluding carboxylic acids is 2. The van der Waals surface area contributed by atoms with Crippen LogP contribution in [0.5, 0.6) is 0 Å². The lowest BCUT2D eigenvalue weighted by atomic mass is 9.67. The number of rotatable bonds is 3. The van der Waals surface area contributed by atoms with Crippen LogP contribution in [0.2, 0.25) is 0 Å². The molecule has 7 atom stereocenters. The zero-order chi connectivity index (χ0) is 18.1. The molecule has 3 amide bonds. The van der Waals surface area contributed by atoms with E-state index in [1.807, 2.05) is 0 Å². The highest BCUT2D eigenvalue weighted by Crippen LogP contribution is 2.46. The zero-order valence-electron chi connectivity index (χ0n) is 13.7. The number of amides is 3. The largest absolute Gasteiger partial charge is 0.481 e. The Labute approximate surface area is 143 Å². The van der Waals surface area contributed by atoms with Crippen LogP contribution in [0.25, 0.3) is 0 Å². The molecule has 0 aromatic heterocycles. The highest BCUT2D eigenvalue weighted by atomic mass is 16.8. The number of aliphatic carboxylic acids is 1. The summed E-state index contributed by atoms with van der Waals surface area (Å²) in [5.41, 5.74) is 0. The van der Waals surface area contributed by atoms with Gasteiger partial charge in [-0.25, -0.2) is 4.79 Å². The van der Waals surface area contributed by atoms with Gasteiger partial charge in [0.05, 0.1) is 24.5 Å². The SMILES string of the molecule is CC1(C)O[C@@H]2[C@H](O1)[C@@H](CO)O[C@H]2N1C(=O)NC(=O)[C@H]2C[C@H](C(=O)O)[C@H]21. The molecule has 4 aliphatic rings. The summed E-state index contributed by atoms with van der Waals surface area (Å²) in [5.74, 6) is -3.89. The first-order valence-electron chi connectivity index (χ1n) is 8.21. The standard InChI is InChI=1S/C15H20N2O8/c1-15(2)24-9-7(4-18)23-12(10(9)25-15)17-8-5(3-6(8)13(20)21)11(19)16-14(17)22/h5-10,12,18H,3-4H2,1-2H3,(H,20,21)(H,16,19,22)/t5-,6-,7+,8-,9+,10+,12+/m0/s1. The maximum Gasteiger partial charge on any atom is 0.326 e. The molecule has 0 radical (unpaired) electrons. The molecule has 138 valence electrons. The van der Waals surface area contributed by atoms with E-state index >= 15 is 0 Å². The van der Waals surface area contributed by atoms with E-state index in [2.05, 4.69) is 5.32 Å². The minimum Gasteiger partial charge on any atom is -0.481 e. The quantitative estimate of drug-likeness (QED) is 0.578. The van der Waals surface area contributed by atoms with Crippen molar-refractivity contribution in [1.82, 2.24) is 10.2 Å². The maximum absolute atomic E-state index is 12.5. The van der Waals surface area contributed by atoms with E-state index in [1.54, 1.807) is 13.8 Å². The molecule has 25 heavy (non-hydrogen) atoms. The van der Waals surface area contributed by atoms with Gasteiger partial charge >= 0.3 is 12.0 Å². The number of nitrogens with one attached hydrogen (secondary N) is 1. The van der Waals surface area contributed by atoms with E-state index in [4.69, 9.17) is 14.2 Å². The number of aliphatic hydroxyl groups is 1. The lowest BCUT2D eigenvalue weighted by Crippen LogP contribution is -2.72. The van der Waals surface area contributed by atoms with Crippen LogP contribution in [0, 0.1) is 11.8 Å². The lowest BCUT2D eigenvalue weighted by molar-refractivity contribution is -0.216. The van der Waals surface area contributed by atoms with Gasteiger partial charge in [0.2, 0.25) is 5.91 Å². The average Bonchev–Trinajstić information content (AvgIpc) is 2.94. The molecule has 4 rings (SSSR count). The van der Waals surface area contributed by atoms with E-state index in [9.17, 15) is 24.6 Å². The Hall–Kier alpha value is -1.75. The molecule has 3 saturated heterocycles. The van der Waals surface area contributed by atoms with E-state index in [-0.39, 0.29) is 13.0 Å². The topological polar surface area (TPSA) is 135 Å². The van der Waals surface area contributed by atoms with Crippen molar-refractivity contribution in [3.05, 3.63) is 0 Å². The van der Waals surface area contributed by atoms with Gasteiger partial charge < -0.3 is 24.4 Å². The minimum atomic E-state index is -1.06. The third kappa shape index (κ3) is 2.35. The fraction of sp³-hybridized carbons (Fsp3) is 0.800. The predicted octanol–water partition coefficient (Wildman–Crippen LogP) is -1.14. The number of urea groups is 1. The molecular weight excluding hydrogens is 336 g/mol. The van der Waals surface area contributed by atoms with Gasteiger partial charge in [-0.2, -0.15) is 0 Å². The summed E-state index contributed by atoms with van der Waals surface area (Å²) in [5, 5.41) is 21.2. The van der Waals surface area contributed by atoms with Crippen LogP contribution in [0.1, 0.15) is 20.3 Å². The first-order valence-corrected chi connectivity index (χ1v) is 8.21. The van der Waals surface area contributed by atoms with E-state index in [0.717, 1.165) is 0 Å². The van der Waals surface area contributed by atoms with Gasteiger partial charge in [0.15, 0.2) is 12.0 Å². The monoisotopic (exact) mass is 356 g/mol. The van der Waals surface area contributed by atoms with Crippen molar-refractivity contribution in [2.75, 3.05) is 6.61 Å². The van der Waals surface area contributed by atoms with Crippen molar-refractivity contribution in [2.24, 2.45) is 11.8 Å². The van der Waals surface area contributed by atoms with Crippen molar-refractivity contribution in [3.63, 3.8) is 0 Å². The van der Waals surface area contributed by atoms with Gasteiger partial charge in [-0.15, -0.1) is 0 Å². The Bertz CT molecular complexity index is 633. The number of carbonyl (C=O) groups is 3. The van der Waals surface area contributed by atoms with Crippen LogP contribution < -0.4 is 5.32 Å². The Kier molecular flexibility index (Phi) is 3.59. The van der Waals surface area contributed by atoms with Gasteiger partial charge in [0.25, 0.3) is 0 Å². The van der Waals surface area contributed by atoms with Gasteiger partial charge in [-0.3, -0.25) is 19.8 Å².